The number of anilines is 2. The maximum Gasteiger partial charge on any atom is 0.128 e. The summed E-state index contributed by atoms with van der Waals surface area (Å²) in [5, 5.41) is 0. The van der Waals surface area contributed by atoms with Gasteiger partial charge in [0, 0.05) is 24.5 Å². The first-order chi connectivity index (χ1) is 13.2. The Morgan fingerprint density at radius 3 is 1.74 bits per heavy atom. The van der Waals surface area contributed by atoms with Crippen LogP contribution in [0.25, 0.3) is 0 Å². The highest BCUT2D eigenvalue weighted by molar-refractivity contribution is 5.60. The van der Waals surface area contributed by atoms with Crippen LogP contribution in [0.1, 0.15) is 22.9 Å². The van der Waals surface area contributed by atoms with Gasteiger partial charge in [-0.3, -0.25) is 0 Å². The highest BCUT2D eigenvalue weighted by atomic mass is 16.5. The van der Waals surface area contributed by atoms with E-state index in [9.17, 15) is 0 Å². The van der Waals surface area contributed by atoms with Crippen LogP contribution in [-0.2, 0) is 0 Å². The summed E-state index contributed by atoms with van der Waals surface area (Å²) in [4.78, 5) is 4.96. The van der Waals surface area contributed by atoms with Crippen molar-refractivity contribution >= 4 is 11.4 Å². The number of methoxy groups -OCH3 is 1. The summed E-state index contributed by atoms with van der Waals surface area (Å²) in [6.07, 6.45) is 0.144. The monoisotopic (exact) mass is 358 g/mol. The molecule has 1 aliphatic heterocycles. The highest BCUT2D eigenvalue weighted by Crippen LogP contribution is 2.38. The van der Waals surface area contributed by atoms with Gasteiger partial charge in [0.1, 0.15) is 11.9 Å². The maximum atomic E-state index is 5.49. The zero-order chi connectivity index (χ0) is 18.8. The van der Waals surface area contributed by atoms with Gasteiger partial charge in [-0.2, -0.15) is 0 Å². The molecule has 0 radical (unpaired) electrons. The molecule has 0 bridgehead atoms. The van der Waals surface area contributed by atoms with Crippen LogP contribution >= 0.6 is 0 Å². The molecule has 0 aliphatic carbocycles. The molecule has 0 N–H and O–H groups in total. The van der Waals surface area contributed by atoms with Gasteiger partial charge in [0.15, 0.2) is 0 Å². The second kappa shape index (κ2) is 7.36. The third-order valence-electron chi connectivity index (χ3n) is 5.30. The first-order valence-electron chi connectivity index (χ1n) is 9.46. The van der Waals surface area contributed by atoms with Gasteiger partial charge in [0.2, 0.25) is 0 Å². The molecule has 1 aliphatic rings. The number of aryl methyl sites for hydroxylation is 2. The van der Waals surface area contributed by atoms with E-state index < -0.39 is 0 Å². The Bertz CT molecular complexity index is 849. The highest BCUT2D eigenvalue weighted by Gasteiger charge is 2.33. The van der Waals surface area contributed by atoms with Crippen LogP contribution < -0.4 is 14.5 Å². The molecule has 0 unspecified atom stereocenters. The molecule has 27 heavy (non-hydrogen) atoms. The summed E-state index contributed by atoms with van der Waals surface area (Å²) in [5.41, 5.74) is 6.32. The number of benzene rings is 3. The molecule has 0 spiro atoms. The molecular weight excluding hydrogens is 332 g/mol. The second-order valence-electron chi connectivity index (χ2n) is 7.21. The largest absolute Gasteiger partial charge is 0.497 e. The van der Waals surface area contributed by atoms with Gasteiger partial charge in [-0.1, -0.05) is 47.5 Å². The number of hydrogen-bond donors (Lipinski definition) is 0. The Morgan fingerprint density at radius 1 is 0.741 bits per heavy atom. The average Bonchev–Trinajstić information content (AvgIpc) is 3.14. The van der Waals surface area contributed by atoms with Crippen molar-refractivity contribution in [3.63, 3.8) is 0 Å². The van der Waals surface area contributed by atoms with E-state index in [0.717, 1.165) is 18.8 Å². The fourth-order valence-corrected chi connectivity index (χ4v) is 3.80. The quantitative estimate of drug-likeness (QED) is 0.626. The lowest BCUT2D eigenvalue weighted by Gasteiger charge is -2.33. The van der Waals surface area contributed by atoms with Crippen molar-refractivity contribution in [3.05, 3.63) is 89.5 Å². The molecule has 0 atom stereocenters. The lowest BCUT2D eigenvalue weighted by Crippen LogP contribution is -2.31. The van der Waals surface area contributed by atoms with Crippen LogP contribution in [0.15, 0.2) is 72.8 Å². The van der Waals surface area contributed by atoms with Crippen molar-refractivity contribution in [2.75, 3.05) is 30.0 Å². The normalized spacial score (nSPS) is 14.6. The molecule has 3 aromatic rings. The Kier molecular flexibility index (Phi) is 4.76. The smallest absolute Gasteiger partial charge is 0.128 e. The summed E-state index contributed by atoms with van der Waals surface area (Å²) in [5.74, 6) is 0.895. The molecule has 4 rings (SSSR count). The molecule has 0 amide bonds. The van der Waals surface area contributed by atoms with Crippen molar-refractivity contribution in [1.82, 2.24) is 0 Å². The zero-order valence-corrected chi connectivity index (χ0v) is 16.2. The second-order valence-corrected chi connectivity index (χ2v) is 7.21. The van der Waals surface area contributed by atoms with Crippen LogP contribution in [0.5, 0.6) is 5.75 Å². The standard InChI is InChI=1S/C24H26N2O/c1-18-7-11-21(12-8-18)25-15-16-26(22-13-9-19(2)10-14-22)24(25)20-5-4-6-23(17-20)27-3/h4-14,17,24H,15-16H2,1-3H3. The van der Waals surface area contributed by atoms with Crippen molar-refractivity contribution in [2.24, 2.45) is 0 Å². The Hall–Kier alpha value is -2.94. The van der Waals surface area contributed by atoms with Crippen LogP contribution in [0.2, 0.25) is 0 Å². The topological polar surface area (TPSA) is 15.7 Å². The summed E-state index contributed by atoms with van der Waals surface area (Å²) in [6, 6.07) is 26.1. The summed E-state index contributed by atoms with van der Waals surface area (Å²) < 4.78 is 5.49. The summed E-state index contributed by atoms with van der Waals surface area (Å²) >= 11 is 0. The van der Waals surface area contributed by atoms with Gasteiger partial charge in [-0.25, -0.2) is 0 Å². The molecule has 0 saturated carbocycles. The molecular formula is C24H26N2O. The molecule has 138 valence electrons. The van der Waals surface area contributed by atoms with E-state index in [-0.39, 0.29) is 6.17 Å². The van der Waals surface area contributed by atoms with Gasteiger partial charge in [0.05, 0.1) is 7.11 Å². The van der Waals surface area contributed by atoms with Crippen LogP contribution in [0.3, 0.4) is 0 Å². The molecule has 1 heterocycles. The van der Waals surface area contributed by atoms with Crippen LogP contribution in [-0.4, -0.2) is 20.2 Å². The molecule has 3 aromatic carbocycles. The minimum atomic E-state index is 0.144. The van der Waals surface area contributed by atoms with E-state index in [2.05, 4.69) is 90.4 Å². The Morgan fingerprint density at radius 2 is 1.26 bits per heavy atom. The number of rotatable bonds is 4. The predicted octanol–water partition coefficient (Wildman–Crippen LogP) is 5.34. The number of ether oxygens (including phenoxy) is 1. The van der Waals surface area contributed by atoms with E-state index in [0.29, 0.717) is 0 Å². The maximum absolute atomic E-state index is 5.49. The third-order valence-corrected chi connectivity index (χ3v) is 5.30. The minimum absolute atomic E-state index is 0.144. The van der Waals surface area contributed by atoms with Gasteiger partial charge in [0.25, 0.3) is 0 Å². The molecule has 1 fully saturated rings. The lowest BCUT2D eigenvalue weighted by atomic mass is 10.1. The minimum Gasteiger partial charge on any atom is -0.497 e. The number of hydrogen-bond acceptors (Lipinski definition) is 3. The first-order valence-corrected chi connectivity index (χ1v) is 9.46. The van der Waals surface area contributed by atoms with E-state index in [4.69, 9.17) is 4.74 Å². The molecule has 3 nitrogen and oxygen atoms in total. The van der Waals surface area contributed by atoms with Crippen LogP contribution in [0, 0.1) is 13.8 Å². The fraction of sp³-hybridized carbons (Fsp3) is 0.250. The van der Waals surface area contributed by atoms with E-state index in [1.807, 2.05) is 6.07 Å². The van der Waals surface area contributed by atoms with Gasteiger partial charge in [-0.15, -0.1) is 0 Å². The molecule has 0 aromatic heterocycles. The molecule has 1 saturated heterocycles. The van der Waals surface area contributed by atoms with E-state index in [1.165, 1.54) is 28.1 Å². The van der Waals surface area contributed by atoms with Gasteiger partial charge < -0.3 is 14.5 Å². The van der Waals surface area contributed by atoms with E-state index >= 15 is 0 Å². The Labute approximate surface area is 161 Å². The first kappa shape index (κ1) is 17.5. The van der Waals surface area contributed by atoms with Crippen molar-refractivity contribution < 1.29 is 4.74 Å². The summed E-state index contributed by atoms with van der Waals surface area (Å²) in [7, 11) is 1.73. The van der Waals surface area contributed by atoms with Gasteiger partial charge in [-0.05, 0) is 55.8 Å². The average molecular weight is 358 g/mol. The zero-order valence-electron chi connectivity index (χ0n) is 16.2. The van der Waals surface area contributed by atoms with Gasteiger partial charge >= 0.3 is 0 Å². The van der Waals surface area contributed by atoms with E-state index in [1.54, 1.807) is 7.11 Å². The third kappa shape index (κ3) is 3.50. The fourth-order valence-electron chi connectivity index (χ4n) is 3.80. The number of nitrogens with zero attached hydrogens (tertiary/aromatic N) is 2. The molecule has 3 heteroatoms. The lowest BCUT2D eigenvalue weighted by molar-refractivity contribution is 0.414. The Balaban J connectivity index is 1.77. The SMILES string of the molecule is COc1cccc(C2N(c3ccc(C)cc3)CCN2c2ccc(C)cc2)c1. The van der Waals surface area contributed by atoms with Crippen molar-refractivity contribution in [2.45, 2.75) is 20.0 Å². The summed E-state index contributed by atoms with van der Waals surface area (Å²) in [6.45, 7) is 6.23. The van der Waals surface area contributed by atoms with Crippen molar-refractivity contribution in [3.8, 4) is 5.75 Å². The van der Waals surface area contributed by atoms with Crippen LogP contribution in [0.4, 0.5) is 11.4 Å². The van der Waals surface area contributed by atoms with Crippen molar-refractivity contribution in [1.29, 1.82) is 0 Å². The predicted molar refractivity (Wildman–Crippen MR) is 113 cm³/mol.